The number of nitrogen functional groups attached to an aromatic ring is 1. The highest BCUT2D eigenvalue weighted by molar-refractivity contribution is 7.18. The Balaban J connectivity index is 2.24. The zero-order chi connectivity index (χ0) is 20.0. The van der Waals surface area contributed by atoms with Crippen molar-refractivity contribution >= 4 is 22.3 Å². The molecule has 0 radical (unpaired) electrons. The number of methoxy groups -OCH3 is 2. The zero-order valence-corrected chi connectivity index (χ0v) is 16.7. The largest absolute Gasteiger partial charge is 0.493 e. The molecular weight excluding hydrogens is 366 g/mol. The number of hydrogen-bond acceptors (Lipinski definition) is 8. The first-order valence-corrected chi connectivity index (χ1v) is 9.14. The highest BCUT2D eigenvalue weighted by atomic mass is 32.1. The zero-order valence-electron chi connectivity index (χ0n) is 15.9. The molecule has 7 nitrogen and oxygen atoms in total. The van der Waals surface area contributed by atoms with Gasteiger partial charge in [-0.05, 0) is 31.7 Å². The Hall–Kier alpha value is -2.76. The summed E-state index contributed by atoms with van der Waals surface area (Å²) in [6, 6.07) is 7.78. The highest BCUT2D eigenvalue weighted by Crippen LogP contribution is 2.33. The van der Waals surface area contributed by atoms with Crippen LogP contribution in [0.1, 0.15) is 33.3 Å². The molecule has 144 valence electrons. The van der Waals surface area contributed by atoms with Crippen molar-refractivity contribution in [3.05, 3.63) is 39.8 Å². The number of benzene rings is 1. The Morgan fingerprint density at radius 3 is 2.56 bits per heavy atom. The molecule has 27 heavy (non-hydrogen) atoms. The summed E-state index contributed by atoms with van der Waals surface area (Å²) in [5.74, 6) is 0.851. The Morgan fingerprint density at radius 2 is 1.96 bits per heavy atom. The van der Waals surface area contributed by atoms with Crippen molar-refractivity contribution in [3.8, 4) is 17.6 Å². The summed E-state index contributed by atoms with van der Waals surface area (Å²) >= 11 is 1.09. The van der Waals surface area contributed by atoms with Gasteiger partial charge in [0.25, 0.3) is 0 Å². The number of ether oxygens (including phenoxy) is 3. The molecule has 1 aromatic heterocycles. The number of nitrogens with two attached hydrogens (primary N) is 1. The number of esters is 1. The fraction of sp³-hybridized carbons (Fsp3) is 0.368. The topological polar surface area (TPSA) is 97.8 Å². The minimum absolute atomic E-state index is 0.263. The molecule has 0 saturated heterocycles. The quantitative estimate of drug-likeness (QED) is 0.693. The molecule has 0 fully saturated rings. The normalized spacial score (nSPS) is 10.5. The van der Waals surface area contributed by atoms with Crippen molar-refractivity contribution in [2.45, 2.75) is 20.0 Å². The molecule has 0 aliphatic carbocycles. The molecular formula is C19H23N3O4S. The predicted octanol–water partition coefficient (Wildman–Crippen LogP) is 3.03. The van der Waals surface area contributed by atoms with Crippen LogP contribution < -0.4 is 15.2 Å². The lowest BCUT2D eigenvalue weighted by Crippen LogP contribution is -2.19. The van der Waals surface area contributed by atoms with Crippen molar-refractivity contribution in [1.29, 1.82) is 5.26 Å². The van der Waals surface area contributed by atoms with Gasteiger partial charge in [-0.3, -0.25) is 4.90 Å². The maximum atomic E-state index is 12.2. The van der Waals surface area contributed by atoms with E-state index in [1.54, 1.807) is 21.1 Å². The Bertz CT molecular complexity index is 857. The van der Waals surface area contributed by atoms with Gasteiger partial charge in [0, 0.05) is 18.7 Å². The molecule has 0 aliphatic rings. The van der Waals surface area contributed by atoms with E-state index in [9.17, 15) is 10.1 Å². The highest BCUT2D eigenvalue weighted by Gasteiger charge is 2.23. The summed E-state index contributed by atoms with van der Waals surface area (Å²) in [6.45, 7) is 2.98. The van der Waals surface area contributed by atoms with Crippen LogP contribution in [0, 0.1) is 11.3 Å². The van der Waals surface area contributed by atoms with Crippen LogP contribution in [0.25, 0.3) is 0 Å². The minimum Gasteiger partial charge on any atom is -0.493 e. The first-order chi connectivity index (χ1) is 12.9. The summed E-state index contributed by atoms with van der Waals surface area (Å²) in [5, 5.41) is 9.76. The van der Waals surface area contributed by atoms with Crippen LogP contribution in [0.5, 0.6) is 11.5 Å². The fourth-order valence-corrected chi connectivity index (χ4v) is 3.66. The molecule has 0 spiro atoms. The fourth-order valence-electron chi connectivity index (χ4n) is 2.74. The number of thiophene rings is 1. The molecule has 0 saturated carbocycles. The Labute approximate surface area is 162 Å². The van der Waals surface area contributed by atoms with E-state index in [4.69, 9.17) is 19.9 Å². The molecule has 1 heterocycles. The monoisotopic (exact) mass is 389 g/mol. The van der Waals surface area contributed by atoms with Crippen molar-refractivity contribution in [3.63, 3.8) is 0 Å². The van der Waals surface area contributed by atoms with Gasteiger partial charge in [-0.25, -0.2) is 4.79 Å². The summed E-state index contributed by atoms with van der Waals surface area (Å²) in [5.41, 5.74) is 7.87. The second-order valence-corrected chi connectivity index (χ2v) is 6.90. The van der Waals surface area contributed by atoms with Crippen molar-refractivity contribution < 1.29 is 19.0 Å². The molecule has 0 atom stereocenters. The van der Waals surface area contributed by atoms with Crippen LogP contribution >= 0.6 is 11.3 Å². The van der Waals surface area contributed by atoms with Gasteiger partial charge in [0.1, 0.15) is 15.9 Å². The number of carbonyl (C=O) groups excluding carboxylic acids is 1. The van der Waals surface area contributed by atoms with E-state index in [2.05, 4.69) is 6.07 Å². The number of anilines is 1. The molecule has 2 N–H and O–H groups in total. The molecule has 0 amide bonds. The van der Waals surface area contributed by atoms with Gasteiger partial charge in [0.05, 0.1) is 26.4 Å². The Morgan fingerprint density at radius 1 is 1.26 bits per heavy atom. The maximum absolute atomic E-state index is 12.2. The van der Waals surface area contributed by atoms with E-state index < -0.39 is 5.97 Å². The van der Waals surface area contributed by atoms with Crippen LogP contribution in [-0.4, -0.2) is 38.7 Å². The first kappa shape index (κ1) is 20.6. The summed E-state index contributed by atoms with van der Waals surface area (Å²) in [6.07, 6.45) is 0. The standard InChI is InChI=1S/C19H23N3O4S/c1-5-26-19(23)17-14(13(9-20)18(21)27-17)11-22(2)10-12-6-7-15(24-3)16(8-12)25-4/h6-8H,5,10-11,21H2,1-4H3. The molecule has 8 heteroatoms. The van der Waals surface area contributed by atoms with Crippen LogP contribution in [0.3, 0.4) is 0 Å². The van der Waals surface area contributed by atoms with Crippen LogP contribution in [0.2, 0.25) is 0 Å². The average molecular weight is 389 g/mol. The lowest BCUT2D eigenvalue weighted by molar-refractivity contribution is 0.0530. The van der Waals surface area contributed by atoms with E-state index in [-0.39, 0.29) is 6.61 Å². The lowest BCUT2D eigenvalue weighted by atomic mass is 10.1. The predicted molar refractivity (Wildman–Crippen MR) is 104 cm³/mol. The van der Waals surface area contributed by atoms with E-state index >= 15 is 0 Å². The number of nitriles is 1. The summed E-state index contributed by atoms with van der Waals surface area (Å²) in [4.78, 5) is 14.6. The van der Waals surface area contributed by atoms with Gasteiger partial charge < -0.3 is 19.9 Å². The lowest BCUT2D eigenvalue weighted by Gasteiger charge is -2.18. The van der Waals surface area contributed by atoms with E-state index in [1.165, 1.54) is 0 Å². The van der Waals surface area contributed by atoms with Crippen LogP contribution in [0.15, 0.2) is 18.2 Å². The molecule has 0 bridgehead atoms. The average Bonchev–Trinajstić information content (AvgIpc) is 2.96. The summed E-state index contributed by atoms with van der Waals surface area (Å²) < 4.78 is 15.7. The van der Waals surface area contributed by atoms with E-state index in [1.807, 2.05) is 30.1 Å². The van der Waals surface area contributed by atoms with E-state index in [0.717, 1.165) is 16.9 Å². The van der Waals surface area contributed by atoms with Crippen molar-refractivity contribution in [1.82, 2.24) is 4.90 Å². The molecule has 2 aromatic rings. The second-order valence-electron chi connectivity index (χ2n) is 5.84. The third-order valence-electron chi connectivity index (χ3n) is 3.94. The second kappa shape index (κ2) is 9.26. The van der Waals surface area contributed by atoms with Gasteiger partial charge in [-0.15, -0.1) is 11.3 Å². The van der Waals surface area contributed by atoms with E-state index in [0.29, 0.717) is 45.6 Å². The number of carbonyl (C=O) groups is 1. The van der Waals surface area contributed by atoms with Crippen molar-refractivity contribution in [2.24, 2.45) is 0 Å². The minimum atomic E-state index is -0.454. The smallest absolute Gasteiger partial charge is 0.348 e. The van der Waals surface area contributed by atoms with Gasteiger partial charge in [0.2, 0.25) is 0 Å². The molecule has 0 unspecified atom stereocenters. The van der Waals surface area contributed by atoms with Gasteiger partial charge >= 0.3 is 5.97 Å². The van der Waals surface area contributed by atoms with Gasteiger partial charge in [-0.2, -0.15) is 5.26 Å². The van der Waals surface area contributed by atoms with Crippen LogP contribution in [0.4, 0.5) is 5.00 Å². The van der Waals surface area contributed by atoms with Gasteiger partial charge in [-0.1, -0.05) is 6.07 Å². The number of nitrogens with zero attached hydrogens (tertiary/aromatic N) is 2. The van der Waals surface area contributed by atoms with Crippen molar-refractivity contribution in [2.75, 3.05) is 33.6 Å². The SMILES string of the molecule is CCOC(=O)c1sc(N)c(C#N)c1CN(C)Cc1ccc(OC)c(OC)c1. The molecule has 1 aromatic carbocycles. The Kier molecular flexibility index (Phi) is 7.05. The molecule has 2 rings (SSSR count). The number of hydrogen-bond donors (Lipinski definition) is 1. The number of rotatable bonds is 8. The third kappa shape index (κ3) is 4.70. The summed E-state index contributed by atoms with van der Waals surface area (Å²) in [7, 11) is 5.08. The third-order valence-corrected chi connectivity index (χ3v) is 4.98. The first-order valence-electron chi connectivity index (χ1n) is 8.32. The van der Waals surface area contributed by atoms with Crippen LogP contribution in [-0.2, 0) is 17.8 Å². The maximum Gasteiger partial charge on any atom is 0.348 e. The van der Waals surface area contributed by atoms with Gasteiger partial charge in [0.15, 0.2) is 11.5 Å². The molecule has 0 aliphatic heterocycles.